The predicted molar refractivity (Wildman–Crippen MR) is 40.4 cm³/mol. The fraction of sp³-hybridized carbons (Fsp3) is 0.500. The van der Waals surface area contributed by atoms with Gasteiger partial charge >= 0.3 is 0 Å². The molecule has 9 heavy (non-hydrogen) atoms. The predicted octanol–water partition coefficient (Wildman–Crippen LogP) is 2.15. The number of allylic oxidation sites excluding steroid dienone is 1. The lowest BCUT2D eigenvalue weighted by Gasteiger charge is -2.03. The lowest BCUT2D eigenvalue weighted by molar-refractivity contribution is 0.177. The van der Waals surface area contributed by atoms with E-state index in [9.17, 15) is 0 Å². The van der Waals surface area contributed by atoms with E-state index in [2.05, 4.69) is 6.58 Å². The Morgan fingerprint density at radius 3 is 2.22 bits per heavy atom. The zero-order chi connectivity index (χ0) is 7.28. The Morgan fingerprint density at radius 1 is 1.56 bits per heavy atom. The summed E-state index contributed by atoms with van der Waals surface area (Å²) in [7, 11) is 1.67. The molecule has 0 aromatic rings. The van der Waals surface area contributed by atoms with Crippen molar-refractivity contribution in [2.45, 2.75) is 20.0 Å². The summed E-state index contributed by atoms with van der Waals surface area (Å²) in [6, 6.07) is 0. The van der Waals surface area contributed by atoms with Crippen LogP contribution >= 0.6 is 0 Å². The molecule has 0 fully saturated rings. The molecule has 1 heteroatoms. The van der Waals surface area contributed by atoms with Gasteiger partial charge in [0, 0.05) is 7.11 Å². The van der Waals surface area contributed by atoms with E-state index in [1.165, 1.54) is 5.57 Å². The van der Waals surface area contributed by atoms with E-state index in [-0.39, 0.29) is 6.10 Å². The maximum atomic E-state index is 5.02. The van der Waals surface area contributed by atoms with Crippen molar-refractivity contribution in [3.63, 3.8) is 0 Å². The molecular weight excluding hydrogens is 112 g/mol. The highest BCUT2D eigenvalue weighted by Gasteiger charge is 1.92. The van der Waals surface area contributed by atoms with Crippen molar-refractivity contribution in [2.24, 2.45) is 0 Å². The van der Waals surface area contributed by atoms with Crippen LogP contribution in [-0.2, 0) is 4.74 Å². The number of ether oxygens (including phenoxy) is 1. The van der Waals surface area contributed by atoms with Crippen molar-refractivity contribution in [3.05, 3.63) is 24.3 Å². The first-order valence-electron chi connectivity index (χ1n) is 3.01. The molecule has 0 radical (unpaired) electrons. The van der Waals surface area contributed by atoms with Crippen LogP contribution in [0.15, 0.2) is 24.3 Å². The van der Waals surface area contributed by atoms with E-state index >= 15 is 0 Å². The molecule has 0 aromatic heterocycles. The summed E-state index contributed by atoms with van der Waals surface area (Å²) in [5, 5.41) is 0. The van der Waals surface area contributed by atoms with Crippen LogP contribution in [0.1, 0.15) is 13.8 Å². The van der Waals surface area contributed by atoms with Gasteiger partial charge in [0.2, 0.25) is 0 Å². The Bertz CT molecular complexity index is 110. The normalized spacial score (nSPS) is 12.3. The van der Waals surface area contributed by atoms with Gasteiger partial charge in [-0.1, -0.05) is 17.7 Å². The Hall–Kier alpha value is -0.560. The van der Waals surface area contributed by atoms with Crippen LogP contribution in [-0.4, -0.2) is 13.2 Å². The molecule has 0 aromatic carbocycles. The average Bonchev–Trinajstić information content (AvgIpc) is 1.82. The van der Waals surface area contributed by atoms with Crippen molar-refractivity contribution < 1.29 is 4.74 Å². The highest BCUT2D eigenvalue weighted by atomic mass is 16.5. The summed E-state index contributed by atoms with van der Waals surface area (Å²) in [4.78, 5) is 0. The number of hydrogen-bond acceptors (Lipinski definition) is 1. The van der Waals surface area contributed by atoms with Crippen LogP contribution in [0.2, 0.25) is 0 Å². The van der Waals surface area contributed by atoms with Gasteiger partial charge < -0.3 is 4.74 Å². The molecular formula is C8H14O. The van der Waals surface area contributed by atoms with Gasteiger partial charge in [0.15, 0.2) is 0 Å². The van der Waals surface area contributed by atoms with Crippen LogP contribution in [0.3, 0.4) is 0 Å². The van der Waals surface area contributed by atoms with Gasteiger partial charge in [0.05, 0.1) is 6.10 Å². The highest BCUT2D eigenvalue weighted by Crippen LogP contribution is 1.97. The van der Waals surface area contributed by atoms with E-state index in [4.69, 9.17) is 4.74 Å². The zero-order valence-corrected chi connectivity index (χ0v) is 6.35. The second-order valence-electron chi connectivity index (χ2n) is 2.18. The summed E-state index contributed by atoms with van der Waals surface area (Å²) >= 11 is 0. The fourth-order valence-electron chi connectivity index (χ4n) is 0.561. The van der Waals surface area contributed by atoms with Gasteiger partial charge in [-0.25, -0.2) is 0 Å². The summed E-state index contributed by atoms with van der Waals surface area (Å²) in [6.45, 7) is 7.69. The molecule has 0 saturated carbocycles. The maximum absolute atomic E-state index is 5.02. The molecule has 0 bridgehead atoms. The van der Waals surface area contributed by atoms with Crippen molar-refractivity contribution in [2.75, 3.05) is 7.11 Å². The molecule has 0 spiro atoms. The molecule has 0 saturated heterocycles. The lowest BCUT2D eigenvalue weighted by Crippen LogP contribution is -2.01. The van der Waals surface area contributed by atoms with Gasteiger partial charge in [0.25, 0.3) is 0 Å². The number of methoxy groups -OCH3 is 1. The summed E-state index contributed by atoms with van der Waals surface area (Å²) in [5.41, 5.74) is 1.25. The first-order valence-corrected chi connectivity index (χ1v) is 3.01. The minimum Gasteiger partial charge on any atom is -0.373 e. The quantitative estimate of drug-likeness (QED) is 0.526. The Labute approximate surface area is 57.0 Å². The van der Waals surface area contributed by atoms with E-state index in [1.54, 1.807) is 13.2 Å². The Kier molecular flexibility index (Phi) is 4.06. The van der Waals surface area contributed by atoms with Crippen LogP contribution in [0, 0.1) is 0 Å². The van der Waals surface area contributed by atoms with Crippen LogP contribution in [0.4, 0.5) is 0 Å². The zero-order valence-electron chi connectivity index (χ0n) is 6.35. The molecule has 0 amide bonds. The van der Waals surface area contributed by atoms with Gasteiger partial charge in [-0.15, -0.1) is 6.58 Å². The van der Waals surface area contributed by atoms with Gasteiger partial charge in [0.1, 0.15) is 0 Å². The van der Waals surface area contributed by atoms with E-state index < -0.39 is 0 Å². The molecule has 0 aliphatic rings. The Balaban J connectivity index is 3.82. The average molecular weight is 126 g/mol. The largest absolute Gasteiger partial charge is 0.373 e. The van der Waals surface area contributed by atoms with Crippen molar-refractivity contribution in [1.82, 2.24) is 0 Å². The third-order valence-corrected chi connectivity index (χ3v) is 1.00. The second kappa shape index (κ2) is 4.33. The van der Waals surface area contributed by atoms with Gasteiger partial charge in [-0.05, 0) is 13.8 Å². The monoisotopic (exact) mass is 126 g/mol. The van der Waals surface area contributed by atoms with Crippen molar-refractivity contribution in [3.8, 4) is 0 Å². The lowest BCUT2D eigenvalue weighted by atomic mass is 10.2. The molecule has 1 unspecified atom stereocenters. The SMILES string of the molecule is C=CC(C=C(C)C)OC. The minimum absolute atomic E-state index is 0.0787. The molecule has 0 aliphatic heterocycles. The Morgan fingerprint density at radius 2 is 2.11 bits per heavy atom. The third kappa shape index (κ3) is 3.98. The summed E-state index contributed by atoms with van der Waals surface area (Å²) < 4.78 is 5.02. The fourth-order valence-corrected chi connectivity index (χ4v) is 0.561. The van der Waals surface area contributed by atoms with Crippen molar-refractivity contribution >= 4 is 0 Å². The highest BCUT2D eigenvalue weighted by molar-refractivity contribution is 5.04. The third-order valence-electron chi connectivity index (χ3n) is 1.00. The first kappa shape index (κ1) is 8.44. The molecule has 1 nitrogen and oxygen atoms in total. The molecule has 52 valence electrons. The number of hydrogen-bond donors (Lipinski definition) is 0. The van der Waals surface area contributed by atoms with Gasteiger partial charge in [-0.2, -0.15) is 0 Å². The summed E-state index contributed by atoms with van der Waals surface area (Å²) in [6.07, 6.45) is 3.87. The molecule has 0 N–H and O–H groups in total. The van der Waals surface area contributed by atoms with Crippen LogP contribution < -0.4 is 0 Å². The first-order chi connectivity index (χ1) is 4.20. The smallest absolute Gasteiger partial charge is 0.0933 e. The molecule has 0 rings (SSSR count). The van der Waals surface area contributed by atoms with Crippen LogP contribution in [0.25, 0.3) is 0 Å². The summed E-state index contributed by atoms with van der Waals surface area (Å²) in [5.74, 6) is 0. The van der Waals surface area contributed by atoms with Crippen molar-refractivity contribution in [1.29, 1.82) is 0 Å². The van der Waals surface area contributed by atoms with E-state index in [0.29, 0.717) is 0 Å². The molecule has 0 aliphatic carbocycles. The van der Waals surface area contributed by atoms with Gasteiger partial charge in [-0.3, -0.25) is 0 Å². The van der Waals surface area contributed by atoms with E-state index in [0.717, 1.165) is 0 Å². The molecule has 1 atom stereocenters. The van der Waals surface area contributed by atoms with E-state index in [1.807, 2.05) is 19.9 Å². The molecule has 0 heterocycles. The standard InChI is InChI=1S/C8H14O/c1-5-8(9-4)6-7(2)3/h5-6,8H,1H2,2-4H3. The maximum Gasteiger partial charge on any atom is 0.0933 e. The topological polar surface area (TPSA) is 9.23 Å². The minimum atomic E-state index is 0.0787. The second-order valence-corrected chi connectivity index (χ2v) is 2.18. The van der Waals surface area contributed by atoms with Crippen LogP contribution in [0.5, 0.6) is 0 Å². The number of rotatable bonds is 3.